The molecule has 168 valence electrons. The van der Waals surface area contributed by atoms with Crippen LogP contribution >= 0.6 is 0 Å². The molecule has 1 aromatic heterocycles. The number of nitriles is 1. The number of aromatic nitrogens is 1. The molecule has 1 N–H and O–H groups in total. The van der Waals surface area contributed by atoms with Crippen molar-refractivity contribution in [1.29, 1.82) is 5.26 Å². The third-order valence-electron chi connectivity index (χ3n) is 6.88. The maximum Gasteiger partial charge on any atom is 0.262 e. The van der Waals surface area contributed by atoms with E-state index in [1.54, 1.807) is 6.08 Å². The maximum atomic E-state index is 12.5. The summed E-state index contributed by atoms with van der Waals surface area (Å²) in [6.07, 6.45) is 10.3. The van der Waals surface area contributed by atoms with Gasteiger partial charge in [0.05, 0.1) is 6.10 Å². The van der Waals surface area contributed by atoms with Gasteiger partial charge in [-0.25, -0.2) is 0 Å². The Bertz CT molecular complexity index is 1010. The van der Waals surface area contributed by atoms with Gasteiger partial charge < -0.3 is 14.6 Å². The van der Waals surface area contributed by atoms with Crippen molar-refractivity contribution in [3.8, 4) is 11.8 Å². The van der Waals surface area contributed by atoms with Crippen LogP contribution in [0.3, 0.4) is 0 Å². The second-order valence-electron chi connectivity index (χ2n) is 9.10. The van der Waals surface area contributed by atoms with Gasteiger partial charge in [-0.1, -0.05) is 31.4 Å². The zero-order valence-electron chi connectivity index (χ0n) is 19.2. The number of hydrogen-bond acceptors (Lipinski definition) is 3. The number of nitrogens with one attached hydrogen (secondary N) is 1. The van der Waals surface area contributed by atoms with Gasteiger partial charge in [0, 0.05) is 30.2 Å². The molecule has 5 nitrogen and oxygen atoms in total. The zero-order chi connectivity index (χ0) is 22.5. The van der Waals surface area contributed by atoms with E-state index in [9.17, 15) is 10.1 Å². The molecule has 2 aliphatic rings. The molecule has 32 heavy (non-hydrogen) atoms. The Balaban J connectivity index is 1.51. The first kappa shape index (κ1) is 22.4. The lowest BCUT2D eigenvalue weighted by atomic mass is 9.84. The van der Waals surface area contributed by atoms with Crippen molar-refractivity contribution >= 4 is 12.0 Å². The first-order valence-corrected chi connectivity index (χ1v) is 11.9. The molecule has 2 aromatic rings. The van der Waals surface area contributed by atoms with Crippen LogP contribution in [0.15, 0.2) is 35.9 Å². The summed E-state index contributed by atoms with van der Waals surface area (Å²) in [5.41, 5.74) is 5.66. The van der Waals surface area contributed by atoms with Crippen LogP contribution in [0, 0.1) is 25.2 Å². The number of ether oxygens (including phenoxy) is 1. The molecule has 0 radical (unpaired) electrons. The van der Waals surface area contributed by atoms with E-state index in [0.29, 0.717) is 12.5 Å². The molecule has 1 aromatic carbocycles. The molecule has 0 unspecified atom stereocenters. The lowest BCUT2D eigenvalue weighted by Crippen LogP contribution is -2.32. The zero-order valence-corrected chi connectivity index (χ0v) is 19.2. The van der Waals surface area contributed by atoms with Crippen LogP contribution in [0.2, 0.25) is 0 Å². The van der Waals surface area contributed by atoms with Gasteiger partial charge >= 0.3 is 0 Å². The Morgan fingerprint density at radius 2 is 1.91 bits per heavy atom. The molecule has 1 saturated heterocycles. The van der Waals surface area contributed by atoms with Crippen molar-refractivity contribution in [2.45, 2.75) is 70.8 Å². The van der Waals surface area contributed by atoms with Gasteiger partial charge in [-0.3, -0.25) is 4.79 Å². The molecule has 1 aliphatic heterocycles. The van der Waals surface area contributed by atoms with Crippen molar-refractivity contribution in [3.63, 3.8) is 0 Å². The second kappa shape index (κ2) is 10.2. The minimum atomic E-state index is -0.343. The molecular weight excluding hydrogens is 398 g/mol. The summed E-state index contributed by atoms with van der Waals surface area (Å²) in [4.78, 5) is 12.5. The van der Waals surface area contributed by atoms with Crippen LogP contribution in [-0.2, 0) is 9.53 Å². The molecule has 1 saturated carbocycles. The van der Waals surface area contributed by atoms with Crippen LogP contribution < -0.4 is 5.32 Å². The summed E-state index contributed by atoms with van der Waals surface area (Å²) in [6, 6.07) is 13.0. The van der Waals surface area contributed by atoms with Crippen LogP contribution in [0.5, 0.6) is 0 Å². The molecule has 4 rings (SSSR count). The first-order chi connectivity index (χ1) is 15.6. The summed E-state index contributed by atoms with van der Waals surface area (Å²) in [7, 11) is 0. The van der Waals surface area contributed by atoms with E-state index < -0.39 is 0 Å². The molecule has 0 spiro atoms. The quantitative estimate of drug-likeness (QED) is 0.496. The number of carbonyl (C=O) groups is 1. The van der Waals surface area contributed by atoms with E-state index in [1.807, 2.05) is 13.0 Å². The summed E-state index contributed by atoms with van der Waals surface area (Å²) in [6.45, 7) is 5.29. The largest absolute Gasteiger partial charge is 0.376 e. The number of aryl methyl sites for hydroxylation is 1. The number of benzene rings is 1. The summed E-state index contributed by atoms with van der Waals surface area (Å²) < 4.78 is 7.74. The fourth-order valence-electron chi connectivity index (χ4n) is 5.07. The summed E-state index contributed by atoms with van der Waals surface area (Å²) >= 11 is 0. The van der Waals surface area contributed by atoms with Gasteiger partial charge in [0.1, 0.15) is 11.6 Å². The number of nitrogens with zero attached hydrogens (tertiary/aromatic N) is 2. The average Bonchev–Trinajstić information content (AvgIpc) is 3.44. The highest BCUT2D eigenvalue weighted by Crippen LogP contribution is 2.33. The molecule has 1 atom stereocenters. The average molecular weight is 432 g/mol. The number of rotatable bonds is 6. The Hall–Kier alpha value is -2.84. The van der Waals surface area contributed by atoms with E-state index in [2.05, 4.69) is 47.1 Å². The SMILES string of the molecule is Cc1cc(/C=C(\C#N)C(=O)NC[C@@H]2CCCO2)c(C)n1-c1ccc(C2CCCCC2)cc1. The lowest BCUT2D eigenvalue weighted by Gasteiger charge is -2.22. The van der Waals surface area contributed by atoms with Crippen molar-refractivity contribution in [3.05, 3.63) is 58.4 Å². The third-order valence-corrected chi connectivity index (χ3v) is 6.88. The standard InChI is InChI=1S/C27H33N3O2/c1-19-15-23(16-24(17-28)27(31)29-18-26-9-6-14-32-26)20(2)30(19)25-12-10-22(11-13-25)21-7-4-3-5-8-21/h10-13,15-16,21,26H,3-9,14,18H2,1-2H3,(H,29,31)/b24-16+/t26-/m0/s1. The van der Waals surface area contributed by atoms with Crippen molar-refractivity contribution in [2.24, 2.45) is 0 Å². The Labute approximate surface area is 191 Å². The molecule has 0 bridgehead atoms. The van der Waals surface area contributed by atoms with E-state index in [4.69, 9.17) is 4.74 Å². The van der Waals surface area contributed by atoms with Gasteiger partial charge in [0.25, 0.3) is 5.91 Å². The number of amides is 1. The smallest absolute Gasteiger partial charge is 0.262 e. The van der Waals surface area contributed by atoms with Gasteiger partial charge in [0.15, 0.2) is 0 Å². The van der Waals surface area contributed by atoms with Crippen molar-refractivity contribution in [1.82, 2.24) is 9.88 Å². The molecule has 1 amide bonds. The molecule has 1 aliphatic carbocycles. The molecule has 2 heterocycles. The monoisotopic (exact) mass is 431 g/mol. The Morgan fingerprint density at radius 1 is 1.16 bits per heavy atom. The summed E-state index contributed by atoms with van der Waals surface area (Å²) in [5.74, 6) is 0.346. The Morgan fingerprint density at radius 3 is 2.56 bits per heavy atom. The highest BCUT2D eigenvalue weighted by Gasteiger charge is 2.19. The van der Waals surface area contributed by atoms with E-state index in [1.165, 1.54) is 37.7 Å². The Kier molecular flexibility index (Phi) is 7.12. The molecular formula is C27H33N3O2. The predicted octanol–water partition coefficient (Wildman–Crippen LogP) is 5.34. The number of carbonyl (C=O) groups excluding carboxylic acids is 1. The van der Waals surface area contributed by atoms with Crippen LogP contribution in [-0.4, -0.2) is 29.7 Å². The third kappa shape index (κ3) is 4.97. The summed E-state index contributed by atoms with van der Waals surface area (Å²) in [5, 5.41) is 12.4. The van der Waals surface area contributed by atoms with Crippen LogP contribution in [0.25, 0.3) is 11.8 Å². The fourth-order valence-corrected chi connectivity index (χ4v) is 5.07. The lowest BCUT2D eigenvalue weighted by molar-refractivity contribution is -0.117. The fraction of sp³-hybridized carbons (Fsp3) is 0.481. The highest BCUT2D eigenvalue weighted by atomic mass is 16.5. The van der Waals surface area contributed by atoms with E-state index >= 15 is 0 Å². The minimum absolute atomic E-state index is 0.0561. The van der Waals surface area contributed by atoms with Crippen LogP contribution in [0.4, 0.5) is 0 Å². The van der Waals surface area contributed by atoms with Crippen molar-refractivity contribution in [2.75, 3.05) is 13.2 Å². The van der Waals surface area contributed by atoms with E-state index in [-0.39, 0.29) is 17.6 Å². The molecule has 5 heteroatoms. The topological polar surface area (TPSA) is 67.1 Å². The van der Waals surface area contributed by atoms with Gasteiger partial charge in [-0.05, 0) is 80.9 Å². The van der Waals surface area contributed by atoms with Gasteiger partial charge in [-0.15, -0.1) is 0 Å². The van der Waals surface area contributed by atoms with Gasteiger partial charge in [-0.2, -0.15) is 5.26 Å². The van der Waals surface area contributed by atoms with Crippen molar-refractivity contribution < 1.29 is 9.53 Å². The van der Waals surface area contributed by atoms with E-state index in [0.717, 1.165) is 42.1 Å². The number of hydrogen-bond donors (Lipinski definition) is 1. The van der Waals surface area contributed by atoms with Crippen LogP contribution in [0.1, 0.15) is 73.4 Å². The first-order valence-electron chi connectivity index (χ1n) is 11.9. The molecule has 2 fully saturated rings. The predicted molar refractivity (Wildman–Crippen MR) is 127 cm³/mol. The highest BCUT2D eigenvalue weighted by molar-refractivity contribution is 6.01. The minimum Gasteiger partial charge on any atom is -0.376 e. The second-order valence-corrected chi connectivity index (χ2v) is 9.10. The maximum absolute atomic E-state index is 12.5. The van der Waals surface area contributed by atoms with Gasteiger partial charge in [0.2, 0.25) is 0 Å². The normalized spacial score (nSPS) is 19.7.